The van der Waals surface area contributed by atoms with Crippen LogP contribution in [-0.2, 0) is 6.42 Å². The number of hydrogen-bond donors (Lipinski definition) is 1. The highest BCUT2D eigenvalue weighted by Gasteiger charge is 2.22. The smallest absolute Gasteiger partial charge is 0.123 e. The van der Waals surface area contributed by atoms with Gasteiger partial charge in [-0.05, 0) is 37.1 Å². The van der Waals surface area contributed by atoms with Crippen molar-refractivity contribution in [1.29, 1.82) is 0 Å². The van der Waals surface area contributed by atoms with Gasteiger partial charge in [-0.15, -0.1) is 0 Å². The first-order valence-electron chi connectivity index (χ1n) is 6.88. The first-order chi connectivity index (χ1) is 9.63. The molecule has 0 amide bonds. The van der Waals surface area contributed by atoms with Crippen LogP contribution in [0.5, 0.6) is 5.75 Å². The van der Waals surface area contributed by atoms with E-state index in [-0.39, 0.29) is 6.10 Å². The van der Waals surface area contributed by atoms with E-state index in [1.165, 1.54) is 11.1 Å². The number of halogens is 1. The Bertz CT molecular complexity index is 619. The number of rotatable bonds is 3. The maximum atomic E-state index is 6.22. The second-order valence-corrected chi connectivity index (χ2v) is 5.77. The maximum Gasteiger partial charge on any atom is 0.123 e. The molecule has 0 saturated carbocycles. The zero-order valence-electron chi connectivity index (χ0n) is 11.7. The third kappa shape index (κ3) is 2.61. The minimum absolute atomic E-state index is 0.169. The van der Waals surface area contributed by atoms with E-state index in [9.17, 15) is 0 Å². The molecule has 1 aliphatic rings. The van der Waals surface area contributed by atoms with Crippen molar-refractivity contribution in [1.82, 2.24) is 0 Å². The molecule has 0 radical (unpaired) electrons. The molecule has 0 fully saturated rings. The maximum absolute atomic E-state index is 6.22. The van der Waals surface area contributed by atoms with Crippen molar-refractivity contribution in [2.24, 2.45) is 0 Å². The summed E-state index contributed by atoms with van der Waals surface area (Å²) in [5, 5.41) is 4.18. The summed E-state index contributed by atoms with van der Waals surface area (Å²) >= 11 is 6.22. The van der Waals surface area contributed by atoms with Gasteiger partial charge in [0.15, 0.2) is 0 Å². The molecule has 0 aliphatic carbocycles. The number of para-hydroxylation sites is 1. The van der Waals surface area contributed by atoms with Crippen LogP contribution in [-0.4, -0.2) is 12.6 Å². The van der Waals surface area contributed by atoms with Gasteiger partial charge in [0.1, 0.15) is 11.9 Å². The number of fused-ring (bicyclic) bond motifs is 1. The fourth-order valence-corrected chi connectivity index (χ4v) is 2.92. The molecule has 1 atom stereocenters. The highest BCUT2D eigenvalue weighted by Crippen LogP contribution is 2.30. The molecular weight excluding hydrogens is 270 g/mol. The Morgan fingerprint density at radius 3 is 2.90 bits per heavy atom. The van der Waals surface area contributed by atoms with E-state index in [1.54, 1.807) is 0 Å². The van der Waals surface area contributed by atoms with Gasteiger partial charge in [0.05, 0.1) is 17.3 Å². The molecule has 1 aliphatic heterocycles. The van der Waals surface area contributed by atoms with Crippen molar-refractivity contribution in [3.8, 4) is 5.75 Å². The summed E-state index contributed by atoms with van der Waals surface area (Å²) in [6.07, 6.45) is 1.12. The van der Waals surface area contributed by atoms with Crippen LogP contribution in [0.3, 0.4) is 0 Å². The van der Waals surface area contributed by atoms with Crippen molar-refractivity contribution in [3.63, 3.8) is 0 Å². The molecule has 2 nitrogen and oxygen atoms in total. The monoisotopic (exact) mass is 287 g/mol. The molecule has 0 spiro atoms. The lowest BCUT2D eigenvalue weighted by atomic mass is 10.1. The highest BCUT2D eigenvalue weighted by molar-refractivity contribution is 6.33. The van der Waals surface area contributed by atoms with Crippen LogP contribution in [0.25, 0.3) is 0 Å². The molecule has 3 heteroatoms. The van der Waals surface area contributed by atoms with Crippen LogP contribution >= 0.6 is 11.6 Å². The minimum Gasteiger partial charge on any atom is -0.488 e. The number of nitrogens with one attached hydrogen (secondary N) is 1. The van der Waals surface area contributed by atoms with E-state index in [1.807, 2.05) is 12.1 Å². The fraction of sp³-hybridized carbons (Fsp3) is 0.294. The van der Waals surface area contributed by atoms with Crippen LogP contribution in [0.15, 0.2) is 36.4 Å². The molecule has 1 N–H and O–H groups in total. The van der Waals surface area contributed by atoms with Gasteiger partial charge in [-0.25, -0.2) is 0 Å². The van der Waals surface area contributed by atoms with Gasteiger partial charge < -0.3 is 10.1 Å². The average molecular weight is 288 g/mol. The standard InChI is InChI=1S/C17H18ClNO/c1-11-6-7-16-13(8-11)9-14(20-16)10-19-17-12(2)4-3-5-15(17)18/h3-8,14,19H,9-10H2,1-2H3. The van der Waals surface area contributed by atoms with Gasteiger partial charge in [0, 0.05) is 6.42 Å². The predicted octanol–water partition coefficient (Wildman–Crippen LogP) is 4.37. The summed E-state index contributed by atoms with van der Waals surface area (Å²) < 4.78 is 5.96. The van der Waals surface area contributed by atoms with Crippen molar-refractivity contribution in [3.05, 3.63) is 58.1 Å². The molecule has 1 heterocycles. The van der Waals surface area contributed by atoms with Gasteiger partial charge in [-0.1, -0.05) is 41.4 Å². The molecule has 104 valence electrons. The molecule has 0 bridgehead atoms. The molecule has 0 aromatic heterocycles. The van der Waals surface area contributed by atoms with Crippen LogP contribution in [0.4, 0.5) is 5.69 Å². The van der Waals surface area contributed by atoms with Gasteiger partial charge >= 0.3 is 0 Å². The molecular formula is C17H18ClNO. The van der Waals surface area contributed by atoms with Crippen molar-refractivity contribution >= 4 is 17.3 Å². The summed E-state index contributed by atoms with van der Waals surface area (Å²) in [5.41, 5.74) is 4.74. The lowest BCUT2D eigenvalue weighted by Crippen LogP contribution is -2.24. The Kier molecular flexibility index (Phi) is 3.58. The van der Waals surface area contributed by atoms with Gasteiger partial charge in [0.25, 0.3) is 0 Å². The first kappa shape index (κ1) is 13.3. The number of benzene rings is 2. The molecule has 3 rings (SSSR count). The van der Waals surface area contributed by atoms with Crippen LogP contribution in [0, 0.1) is 13.8 Å². The molecule has 0 saturated heterocycles. The topological polar surface area (TPSA) is 21.3 Å². The van der Waals surface area contributed by atoms with Crippen LogP contribution < -0.4 is 10.1 Å². The highest BCUT2D eigenvalue weighted by atomic mass is 35.5. The lowest BCUT2D eigenvalue weighted by Gasteiger charge is -2.15. The Labute approximate surface area is 124 Å². The Balaban J connectivity index is 1.67. The number of anilines is 1. The number of ether oxygens (including phenoxy) is 1. The lowest BCUT2D eigenvalue weighted by molar-refractivity contribution is 0.246. The largest absolute Gasteiger partial charge is 0.488 e. The van der Waals surface area contributed by atoms with Gasteiger partial charge in [-0.2, -0.15) is 0 Å². The van der Waals surface area contributed by atoms with Crippen molar-refractivity contribution < 1.29 is 4.74 Å². The van der Waals surface area contributed by atoms with E-state index in [0.29, 0.717) is 0 Å². The minimum atomic E-state index is 0.169. The van der Waals surface area contributed by atoms with Gasteiger partial charge in [0.2, 0.25) is 0 Å². The summed E-state index contributed by atoms with van der Waals surface area (Å²) in [5.74, 6) is 1.01. The normalized spacial score (nSPS) is 16.6. The summed E-state index contributed by atoms with van der Waals surface area (Å²) in [4.78, 5) is 0. The third-order valence-electron chi connectivity index (χ3n) is 3.69. The predicted molar refractivity (Wildman–Crippen MR) is 84.0 cm³/mol. The number of hydrogen-bond acceptors (Lipinski definition) is 2. The first-order valence-corrected chi connectivity index (χ1v) is 7.26. The second-order valence-electron chi connectivity index (χ2n) is 5.37. The quantitative estimate of drug-likeness (QED) is 0.905. The Hall–Kier alpha value is -1.67. The summed E-state index contributed by atoms with van der Waals surface area (Å²) in [6, 6.07) is 12.3. The summed E-state index contributed by atoms with van der Waals surface area (Å²) in [7, 11) is 0. The Morgan fingerprint density at radius 2 is 2.10 bits per heavy atom. The zero-order valence-corrected chi connectivity index (χ0v) is 12.5. The van der Waals surface area contributed by atoms with E-state index in [2.05, 4.69) is 43.4 Å². The molecule has 2 aromatic carbocycles. The van der Waals surface area contributed by atoms with Crippen molar-refractivity contribution in [2.45, 2.75) is 26.4 Å². The SMILES string of the molecule is Cc1ccc2c(c1)CC(CNc1c(C)cccc1Cl)O2. The van der Waals surface area contributed by atoms with E-state index in [4.69, 9.17) is 16.3 Å². The Morgan fingerprint density at radius 1 is 1.25 bits per heavy atom. The van der Waals surface area contributed by atoms with Crippen LogP contribution in [0.1, 0.15) is 16.7 Å². The fourth-order valence-electron chi connectivity index (χ4n) is 2.63. The molecule has 2 aromatic rings. The zero-order chi connectivity index (χ0) is 14.1. The van der Waals surface area contributed by atoms with Crippen molar-refractivity contribution in [2.75, 3.05) is 11.9 Å². The molecule has 20 heavy (non-hydrogen) atoms. The second kappa shape index (κ2) is 5.37. The average Bonchev–Trinajstić information content (AvgIpc) is 2.80. The number of aryl methyl sites for hydroxylation is 2. The van der Waals surface area contributed by atoms with Crippen LogP contribution in [0.2, 0.25) is 5.02 Å². The van der Waals surface area contributed by atoms with Gasteiger partial charge in [-0.3, -0.25) is 0 Å². The van der Waals surface area contributed by atoms with E-state index < -0.39 is 0 Å². The summed E-state index contributed by atoms with van der Waals surface area (Å²) in [6.45, 7) is 4.93. The third-order valence-corrected chi connectivity index (χ3v) is 4.00. The van der Waals surface area contributed by atoms with E-state index >= 15 is 0 Å². The molecule has 1 unspecified atom stereocenters. The van der Waals surface area contributed by atoms with E-state index in [0.717, 1.165) is 35.0 Å².